The van der Waals surface area contributed by atoms with Crippen LogP contribution in [0.2, 0.25) is 0 Å². The van der Waals surface area contributed by atoms with Crippen LogP contribution in [0.4, 0.5) is 0 Å². The van der Waals surface area contributed by atoms with Crippen molar-refractivity contribution in [1.82, 2.24) is 9.80 Å². The van der Waals surface area contributed by atoms with E-state index >= 15 is 0 Å². The lowest BCUT2D eigenvalue weighted by Crippen LogP contribution is -2.58. The van der Waals surface area contributed by atoms with E-state index in [-0.39, 0.29) is 5.60 Å². The van der Waals surface area contributed by atoms with Gasteiger partial charge in [-0.1, -0.05) is 6.07 Å². The van der Waals surface area contributed by atoms with Gasteiger partial charge in [0.05, 0.1) is 12.2 Å². The monoisotopic (exact) mass is 266 g/mol. The number of likely N-dealkylation sites (tertiary alicyclic amines) is 1. The average molecular weight is 266 g/mol. The molecule has 2 aliphatic heterocycles. The SMILES string of the molecule is CN1CCCC2(C1)CN(Cc1cccs1)CCO2. The van der Waals surface area contributed by atoms with Crippen LogP contribution in [0.1, 0.15) is 17.7 Å². The quantitative estimate of drug-likeness (QED) is 0.815. The molecule has 0 N–H and O–H groups in total. The van der Waals surface area contributed by atoms with Gasteiger partial charge >= 0.3 is 0 Å². The molecule has 0 aromatic carbocycles. The van der Waals surface area contributed by atoms with Crippen LogP contribution < -0.4 is 0 Å². The van der Waals surface area contributed by atoms with Gasteiger partial charge in [-0.05, 0) is 37.9 Å². The smallest absolute Gasteiger partial charge is 0.0935 e. The predicted octanol–water partition coefficient (Wildman–Crippen LogP) is 2.04. The molecule has 1 spiro atoms. The number of morpholine rings is 1. The molecule has 2 aliphatic rings. The molecule has 0 saturated carbocycles. The van der Waals surface area contributed by atoms with Crippen LogP contribution >= 0.6 is 11.3 Å². The summed E-state index contributed by atoms with van der Waals surface area (Å²) in [6, 6.07) is 4.38. The number of hydrogen-bond acceptors (Lipinski definition) is 4. The molecule has 100 valence electrons. The van der Waals surface area contributed by atoms with Gasteiger partial charge in [0.1, 0.15) is 0 Å². The lowest BCUT2D eigenvalue weighted by atomic mass is 9.91. The second kappa shape index (κ2) is 5.29. The van der Waals surface area contributed by atoms with Crippen molar-refractivity contribution in [2.45, 2.75) is 25.0 Å². The zero-order chi connectivity index (χ0) is 12.4. The van der Waals surface area contributed by atoms with Crippen LogP contribution in [0, 0.1) is 0 Å². The molecule has 3 rings (SSSR count). The maximum atomic E-state index is 6.15. The fourth-order valence-electron chi connectivity index (χ4n) is 3.25. The second-order valence-electron chi connectivity index (χ2n) is 5.66. The molecule has 0 radical (unpaired) electrons. The molecule has 1 unspecified atom stereocenters. The molecule has 3 nitrogen and oxygen atoms in total. The molecule has 0 aliphatic carbocycles. The summed E-state index contributed by atoms with van der Waals surface area (Å²) < 4.78 is 6.15. The normalized spacial score (nSPS) is 30.9. The van der Waals surface area contributed by atoms with Gasteiger partial charge in [-0.15, -0.1) is 11.3 Å². The zero-order valence-corrected chi connectivity index (χ0v) is 11.9. The highest BCUT2D eigenvalue weighted by Crippen LogP contribution is 2.29. The molecule has 2 saturated heterocycles. The summed E-state index contributed by atoms with van der Waals surface area (Å²) in [6.45, 7) is 6.45. The fourth-order valence-corrected chi connectivity index (χ4v) is 4.00. The molecular formula is C14H22N2OS. The Morgan fingerprint density at radius 1 is 1.39 bits per heavy atom. The second-order valence-corrected chi connectivity index (χ2v) is 6.70. The van der Waals surface area contributed by atoms with Gasteiger partial charge in [0.2, 0.25) is 0 Å². The minimum atomic E-state index is 0.0997. The van der Waals surface area contributed by atoms with Crippen molar-refractivity contribution in [3.63, 3.8) is 0 Å². The predicted molar refractivity (Wildman–Crippen MR) is 75.0 cm³/mol. The van der Waals surface area contributed by atoms with Gasteiger partial charge in [-0.25, -0.2) is 0 Å². The van der Waals surface area contributed by atoms with Crippen molar-refractivity contribution in [2.24, 2.45) is 0 Å². The van der Waals surface area contributed by atoms with Crippen LogP contribution in [0.3, 0.4) is 0 Å². The van der Waals surface area contributed by atoms with Gasteiger partial charge in [0.25, 0.3) is 0 Å². The topological polar surface area (TPSA) is 15.7 Å². The lowest BCUT2D eigenvalue weighted by Gasteiger charge is -2.47. The summed E-state index contributed by atoms with van der Waals surface area (Å²) in [4.78, 5) is 6.45. The van der Waals surface area contributed by atoms with E-state index in [9.17, 15) is 0 Å². The Bertz CT molecular complexity index is 377. The van der Waals surface area contributed by atoms with Crippen LogP contribution in [-0.4, -0.2) is 55.2 Å². The Labute approximate surface area is 113 Å². The number of thiophene rings is 1. The highest BCUT2D eigenvalue weighted by molar-refractivity contribution is 7.09. The van der Waals surface area contributed by atoms with E-state index in [0.717, 1.165) is 32.8 Å². The third kappa shape index (κ3) is 2.77. The maximum absolute atomic E-state index is 6.15. The summed E-state index contributed by atoms with van der Waals surface area (Å²) in [7, 11) is 2.21. The number of likely N-dealkylation sites (N-methyl/N-ethyl adjacent to an activating group) is 1. The first-order chi connectivity index (χ1) is 8.76. The molecule has 1 aromatic heterocycles. The first-order valence-corrected chi connectivity index (χ1v) is 7.71. The summed E-state index contributed by atoms with van der Waals surface area (Å²) in [5.41, 5.74) is 0.0997. The molecule has 0 bridgehead atoms. The molecule has 0 amide bonds. The van der Waals surface area contributed by atoms with Crippen molar-refractivity contribution < 1.29 is 4.74 Å². The highest BCUT2D eigenvalue weighted by atomic mass is 32.1. The Hall–Kier alpha value is -0.420. The number of rotatable bonds is 2. The maximum Gasteiger partial charge on any atom is 0.0935 e. The molecule has 1 aromatic rings. The van der Waals surface area contributed by atoms with Crippen LogP contribution in [0.15, 0.2) is 17.5 Å². The first-order valence-electron chi connectivity index (χ1n) is 6.83. The van der Waals surface area contributed by atoms with E-state index in [0.29, 0.717) is 0 Å². The third-order valence-corrected chi connectivity index (χ3v) is 4.88. The summed E-state index contributed by atoms with van der Waals surface area (Å²) in [6.07, 6.45) is 2.49. The van der Waals surface area contributed by atoms with Crippen molar-refractivity contribution in [1.29, 1.82) is 0 Å². The van der Waals surface area contributed by atoms with Crippen molar-refractivity contribution in [3.05, 3.63) is 22.4 Å². The van der Waals surface area contributed by atoms with E-state index in [1.807, 2.05) is 11.3 Å². The summed E-state index contributed by atoms with van der Waals surface area (Å²) in [5.74, 6) is 0. The van der Waals surface area contributed by atoms with Gasteiger partial charge in [-0.3, -0.25) is 4.90 Å². The molecule has 2 fully saturated rings. The molecular weight excluding hydrogens is 244 g/mol. The molecule has 3 heterocycles. The Morgan fingerprint density at radius 2 is 2.33 bits per heavy atom. The lowest BCUT2D eigenvalue weighted by molar-refractivity contribution is -0.138. The number of nitrogens with zero attached hydrogens (tertiary/aromatic N) is 2. The summed E-state index contributed by atoms with van der Waals surface area (Å²) in [5, 5.41) is 2.17. The minimum Gasteiger partial charge on any atom is -0.371 e. The van der Waals surface area contributed by atoms with Crippen LogP contribution in [0.25, 0.3) is 0 Å². The molecule has 1 atom stereocenters. The Morgan fingerprint density at radius 3 is 3.11 bits per heavy atom. The largest absolute Gasteiger partial charge is 0.371 e. The summed E-state index contributed by atoms with van der Waals surface area (Å²) >= 11 is 1.86. The van der Waals surface area contributed by atoms with Gasteiger partial charge in [0.15, 0.2) is 0 Å². The molecule has 18 heavy (non-hydrogen) atoms. The van der Waals surface area contributed by atoms with Crippen molar-refractivity contribution >= 4 is 11.3 Å². The van der Waals surface area contributed by atoms with Crippen molar-refractivity contribution in [3.8, 4) is 0 Å². The van der Waals surface area contributed by atoms with Gasteiger partial charge in [-0.2, -0.15) is 0 Å². The van der Waals surface area contributed by atoms with E-state index in [1.54, 1.807) is 0 Å². The number of piperidine rings is 1. The Kier molecular flexibility index (Phi) is 3.71. The minimum absolute atomic E-state index is 0.0997. The number of ether oxygens (including phenoxy) is 1. The van der Waals surface area contributed by atoms with Gasteiger partial charge < -0.3 is 9.64 Å². The van der Waals surface area contributed by atoms with E-state index < -0.39 is 0 Å². The zero-order valence-electron chi connectivity index (χ0n) is 11.1. The fraction of sp³-hybridized carbons (Fsp3) is 0.714. The number of hydrogen-bond donors (Lipinski definition) is 0. The third-order valence-electron chi connectivity index (χ3n) is 4.02. The van der Waals surface area contributed by atoms with Crippen LogP contribution in [-0.2, 0) is 11.3 Å². The Balaban J connectivity index is 1.64. The van der Waals surface area contributed by atoms with E-state index in [2.05, 4.69) is 34.4 Å². The highest BCUT2D eigenvalue weighted by Gasteiger charge is 2.39. The molecule has 4 heteroatoms. The van der Waals surface area contributed by atoms with E-state index in [1.165, 1.54) is 24.3 Å². The van der Waals surface area contributed by atoms with Crippen molar-refractivity contribution in [2.75, 3.05) is 39.8 Å². The van der Waals surface area contributed by atoms with E-state index in [4.69, 9.17) is 4.74 Å². The van der Waals surface area contributed by atoms with Crippen LogP contribution in [0.5, 0.6) is 0 Å². The average Bonchev–Trinajstić information content (AvgIpc) is 2.81. The first kappa shape index (κ1) is 12.6. The van der Waals surface area contributed by atoms with Gasteiger partial charge in [0, 0.05) is 31.1 Å². The standard InChI is InChI=1S/C14H22N2OS/c1-15-6-3-5-14(11-15)12-16(7-8-17-14)10-13-4-2-9-18-13/h2,4,9H,3,5-8,10-12H2,1H3.